The van der Waals surface area contributed by atoms with Gasteiger partial charge in [0.2, 0.25) is 10.0 Å². The molecule has 1 saturated heterocycles. The number of benzene rings is 1. The van der Waals surface area contributed by atoms with Crippen molar-refractivity contribution in [2.75, 3.05) is 26.8 Å². The predicted octanol–water partition coefficient (Wildman–Crippen LogP) is 1.35. The Labute approximate surface area is 117 Å². The third-order valence-corrected chi connectivity index (χ3v) is 5.42. The molecule has 0 radical (unpaired) electrons. The molecule has 1 atom stereocenters. The van der Waals surface area contributed by atoms with Gasteiger partial charge in [-0.2, -0.15) is 4.31 Å². The second-order valence-electron chi connectivity index (χ2n) is 4.50. The molecular weight excluding hydrogens is 290 g/mol. The van der Waals surface area contributed by atoms with E-state index >= 15 is 0 Å². The summed E-state index contributed by atoms with van der Waals surface area (Å²) < 4.78 is 31.2. The topological polar surface area (TPSA) is 66.8 Å². The minimum atomic E-state index is -3.55. The molecule has 1 fully saturated rings. The van der Waals surface area contributed by atoms with Gasteiger partial charge >= 0.3 is 0 Å². The lowest BCUT2D eigenvalue weighted by Gasteiger charge is -2.16. The average Bonchev–Trinajstić information content (AvgIpc) is 2.88. The Morgan fingerprint density at radius 1 is 1.53 bits per heavy atom. The first-order chi connectivity index (χ1) is 8.98. The molecule has 1 heterocycles. The number of ether oxygens (including phenoxy) is 1. The van der Waals surface area contributed by atoms with Crippen LogP contribution in [0.4, 0.5) is 0 Å². The van der Waals surface area contributed by atoms with Crippen LogP contribution in [0.5, 0.6) is 5.75 Å². The molecule has 0 bridgehead atoms. The monoisotopic (exact) mass is 305 g/mol. The fourth-order valence-electron chi connectivity index (χ4n) is 2.12. The lowest BCUT2D eigenvalue weighted by atomic mass is 10.1. The van der Waals surface area contributed by atoms with E-state index in [4.69, 9.17) is 21.4 Å². The summed E-state index contributed by atoms with van der Waals surface area (Å²) in [6, 6.07) is 4.41. The first kappa shape index (κ1) is 14.6. The number of rotatable bonds is 4. The Bertz CT molecular complexity index is 561. The van der Waals surface area contributed by atoms with Crippen LogP contribution in [0, 0.1) is 5.92 Å². The molecule has 1 aromatic rings. The highest BCUT2D eigenvalue weighted by molar-refractivity contribution is 7.89. The van der Waals surface area contributed by atoms with Crippen LogP contribution >= 0.6 is 11.6 Å². The fourth-order valence-corrected chi connectivity index (χ4v) is 4.00. The Balaban J connectivity index is 2.27. The van der Waals surface area contributed by atoms with Gasteiger partial charge in [-0.1, -0.05) is 11.6 Å². The normalized spacial score (nSPS) is 20.7. The van der Waals surface area contributed by atoms with Crippen molar-refractivity contribution in [3.8, 4) is 5.75 Å². The summed E-state index contributed by atoms with van der Waals surface area (Å²) in [4.78, 5) is 0.150. The van der Waals surface area contributed by atoms with Gasteiger partial charge in [0.1, 0.15) is 5.75 Å². The third kappa shape index (κ3) is 2.86. The quantitative estimate of drug-likeness (QED) is 0.912. The highest BCUT2D eigenvalue weighted by atomic mass is 35.5. The van der Waals surface area contributed by atoms with E-state index in [0.717, 1.165) is 0 Å². The van der Waals surface area contributed by atoms with Crippen LogP contribution in [0.15, 0.2) is 23.1 Å². The molecule has 0 aliphatic carbocycles. The highest BCUT2D eigenvalue weighted by Gasteiger charge is 2.32. The predicted molar refractivity (Wildman–Crippen MR) is 72.0 cm³/mol. The van der Waals surface area contributed by atoms with Gasteiger partial charge in [-0.3, -0.25) is 0 Å². The summed E-state index contributed by atoms with van der Waals surface area (Å²) in [7, 11) is -2.07. The van der Waals surface area contributed by atoms with E-state index in [1.807, 2.05) is 0 Å². The molecule has 0 amide bonds. The molecule has 5 nitrogen and oxygen atoms in total. The largest absolute Gasteiger partial charge is 0.495 e. The van der Waals surface area contributed by atoms with Gasteiger partial charge in [-0.25, -0.2) is 8.42 Å². The fraction of sp³-hybridized carbons (Fsp3) is 0.500. The minimum absolute atomic E-state index is 0.00931. The van der Waals surface area contributed by atoms with E-state index < -0.39 is 10.0 Å². The van der Waals surface area contributed by atoms with Gasteiger partial charge in [-0.05, 0) is 30.5 Å². The maximum absolute atomic E-state index is 12.4. The van der Waals surface area contributed by atoms with E-state index in [-0.39, 0.29) is 22.4 Å². The van der Waals surface area contributed by atoms with Crippen LogP contribution in [-0.2, 0) is 10.0 Å². The van der Waals surface area contributed by atoms with Gasteiger partial charge < -0.3 is 9.84 Å². The number of nitrogens with zero attached hydrogens (tertiary/aromatic N) is 1. The lowest BCUT2D eigenvalue weighted by Crippen LogP contribution is -2.29. The second-order valence-corrected chi connectivity index (χ2v) is 6.84. The van der Waals surface area contributed by atoms with Gasteiger partial charge in [0.25, 0.3) is 0 Å². The van der Waals surface area contributed by atoms with Crippen molar-refractivity contribution in [2.24, 2.45) is 5.92 Å². The smallest absolute Gasteiger partial charge is 0.243 e. The zero-order valence-corrected chi connectivity index (χ0v) is 12.1. The van der Waals surface area contributed by atoms with Crippen LogP contribution in [0.1, 0.15) is 6.42 Å². The van der Waals surface area contributed by atoms with E-state index in [1.54, 1.807) is 0 Å². The molecule has 0 saturated carbocycles. The summed E-state index contributed by atoms with van der Waals surface area (Å²) in [6.45, 7) is 0.787. The molecule has 0 aromatic heterocycles. The van der Waals surface area contributed by atoms with Crippen molar-refractivity contribution >= 4 is 21.6 Å². The third-order valence-electron chi connectivity index (χ3n) is 3.27. The van der Waals surface area contributed by atoms with Crippen LogP contribution in [-0.4, -0.2) is 44.6 Å². The summed E-state index contributed by atoms with van der Waals surface area (Å²) in [5.41, 5.74) is 0. The summed E-state index contributed by atoms with van der Waals surface area (Å²) in [5.74, 6) is 0.457. The standard InChI is InChI=1S/C12H16ClNO4S/c1-18-12-3-2-10(6-11(12)13)19(16,17)14-5-4-9(7-14)8-15/h2-3,6,9,15H,4-5,7-8H2,1H3. The van der Waals surface area contributed by atoms with Crippen LogP contribution in [0.25, 0.3) is 0 Å². The van der Waals surface area contributed by atoms with Crippen LogP contribution in [0.3, 0.4) is 0 Å². The number of sulfonamides is 1. The second kappa shape index (κ2) is 5.66. The lowest BCUT2D eigenvalue weighted by molar-refractivity contribution is 0.233. The zero-order chi connectivity index (χ0) is 14.0. The molecule has 1 aromatic carbocycles. The molecule has 0 spiro atoms. The van der Waals surface area contributed by atoms with Gasteiger partial charge in [0, 0.05) is 19.7 Å². The molecule has 1 unspecified atom stereocenters. The summed E-state index contributed by atoms with van der Waals surface area (Å²) in [5, 5.41) is 9.34. The number of aliphatic hydroxyl groups is 1. The van der Waals surface area contributed by atoms with Gasteiger partial charge in [0.05, 0.1) is 17.0 Å². The maximum Gasteiger partial charge on any atom is 0.243 e. The van der Waals surface area contributed by atoms with Crippen molar-refractivity contribution in [3.63, 3.8) is 0 Å². The first-order valence-corrected chi connectivity index (χ1v) is 7.75. The van der Waals surface area contributed by atoms with Crippen molar-refractivity contribution in [1.82, 2.24) is 4.31 Å². The van der Waals surface area contributed by atoms with Crippen molar-refractivity contribution in [1.29, 1.82) is 0 Å². The minimum Gasteiger partial charge on any atom is -0.495 e. The van der Waals surface area contributed by atoms with Crippen molar-refractivity contribution in [3.05, 3.63) is 23.2 Å². The number of hydrogen-bond donors (Lipinski definition) is 1. The Morgan fingerprint density at radius 3 is 2.79 bits per heavy atom. The number of methoxy groups -OCH3 is 1. The van der Waals surface area contributed by atoms with Gasteiger partial charge in [-0.15, -0.1) is 0 Å². The molecule has 2 rings (SSSR count). The summed E-state index contributed by atoms with van der Waals surface area (Å²) >= 11 is 5.95. The highest BCUT2D eigenvalue weighted by Crippen LogP contribution is 2.30. The molecule has 106 valence electrons. The SMILES string of the molecule is COc1ccc(S(=O)(=O)N2CCC(CO)C2)cc1Cl. The molecule has 19 heavy (non-hydrogen) atoms. The van der Waals surface area contributed by atoms with E-state index in [9.17, 15) is 8.42 Å². The molecular formula is C12H16ClNO4S. The number of hydrogen-bond acceptors (Lipinski definition) is 4. The summed E-state index contributed by atoms with van der Waals surface area (Å²) in [6.07, 6.45) is 0.680. The molecule has 1 aliphatic rings. The molecule has 1 aliphatic heterocycles. The number of aliphatic hydroxyl groups excluding tert-OH is 1. The Hall–Kier alpha value is -0.820. The number of halogens is 1. The Morgan fingerprint density at radius 2 is 2.26 bits per heavy atom. The van der Waals surface area contributed by atoms with Gasteiger partial charge in [0.15, 0.2) is 0 Å². The van der Waals surface area contributed by atoms with E-state index in [1.165, 1.54) is 29.6 Å². The molecule has 1 N–H and O–H groups in total. The van der Waals surface area contributed by atoms with Crippen molar-refractivity contribution in [2.45, 2.75) is 11.3 Å². The van der Waals surface area contributed by atoms with E-state index in [0.29, 0.717) is 25.3 Å². The van der Waals surface area contributed by atoms with Crippen molar-refractivity contribution < 1.29 is 18.3 Å². The average molecular weight is 306 g/mol. The van der Waals surface area contributed by atoms with Crippen LogP contribution < -0.4 is 4.74 Å². The maximum atomic E-state index is 12.4. The first-order valence-electron chi connectivity index (χ1n) is 5.93. The molecule has 7 heteroatoms. The Kier molecular flexibility index (Phi) is 4.35. The van der Waals surface area contributed by atoms with E-state index in [2.05, 4.69) is 0 Å². The van der Waals surface area contributed by atoms with Crippen LogP contribution in [0.2, 0.25) is 5.02 Å². The zero-order valence-electron chi connectivity index (χ0n) is 10.5.